The zero-order valence-corrected chi connectivity index (χ0v) is 10.6. The van der Waals surface area contributed by atoms with E-state index in [0.717, 1.165) is 25.7 Å². The number of hydrogen-bond donors (Lipinski definition) is 0. The van der Waals surface area contributed by atoms with Crippen molar-refractivity contribution in [2.75, 3.05) is 6.16 Å². The molecule has 15 heavy (non-hydrogen) atoms. The van der Waals surface area contributed by atoms with Crippen molar-refractivity contribution in [1.82, 2.24) is 0 Å². The lowest BCUT2D eigenvalue weighted by molar-refractivity contribution is 0.0850. The molecule has 1 rings (SSSR count). The number of halogens is 1. The van der Waals surface area contributed by atoms with E-state index in [1.54, 1.807) is 0 Å². The highest BCUT2D eigenvalue weighted by atomic mass is 31.2. The third-order valence-corrected chi connectivity index (χ3v) is 4.71. The van der Waals surface area contributed by atoms with Crippen LogP contribution in [0.1, 0.15) is 52.4 Å². The molecule has 0 amide bonds. The van der Waals surface area contributed by atoms with Crippen LogP contribution in [0.5, 0.6) is 0 Å². The highest BCUT2D eigenvalue weighted by Gasteiger charge is 2.32. The van der Waals surface area contributed by atoms with Crippen LogP contribution in [0.25, 0.3) is 0 Å². The zero-order valence-electron chi connectivity index (χ0n) is 9.75. The Morgan fingerprint density at radius 2 is 2.00 bits per heavy atom. The molecule has 1 aliphatic rings. The fourth-order valence-electron chi connectivity index (χ4n) is 2.30. The first-order valence-corrected chi connectivity index (χ1v) is 7.76. The Morgan fingerprint density at radius 1 is 1.33 bits per heavy atom. The second kappa shape index (κ2) is 6.00. The molecule has 0 spiro atoms. The third kappa shape index (κ3) is 4.24. The van der Waals surface area contributed by atoms with E-state index >= 15 is 0 Å². The Kier molecular flexibility index (Phi) is 5.28. The summed E-state index contributed by atoms with van der Waals surface area (Å²) >= 11 is 0. The Bertz CT molecular complexity index is 233. The molecule has 4 heteroatoms. The van der Waals surface area contributed by atoms with Crippen molar-refractivity contribution in [3.63, 3.8) is 0 Å². The molecule has 0 aromatic rings. The molecule has 0 aromatic carbocycles. The Balaban J connectivity index is 2.50. The molecule has 0 aliphatic heterocycles. The quantitative estimate of drug-likeness (QED) is 0.655. The molecule has 1 saturated carbocycles. The topological polar surface area (TPSA) is 26.3 Å². The van der Waals surface area contributed by atoms with E-state index in [0.29, 0.717) is 12.3 Å². The van der Waals surface area contributed by atoms with Gasteiger partial charge in [-0.2, -0.15) is 4.20 Å². The van der Waals surface area contributed by atoms with Crippen LogP contribution >= 0.6 is 7.68 Å². The first-order valence-electron chi connectivity index (χ1n) is 6.06. The minimum atomic E-state index is -3.81. The van der Waals surface area contributed by atoms with Crippen LogP contribution in [-0.4, -0.2) is 12.3 Å². The lowest BCUT2D eigenvalue weighted by Gasteiger charge is -2.31. The van der Waals surface area contributed by atoms with Crippen molar-refractivity contribution in [2.24, 2.45) is 5.92 Å². The largest absolute Gasteiger partial charge is 0.367 e. The molecule has 90 valence electrons. The van der Waals surface area contributed by atoms with E-state index in [9.17, 15) is 8.76 Å². The highest BCUT2D eigenvalue weighted by molar-refractivity contribution is 7.53. The molecule has 0 heterocycles. The van der Waals surface area contributed by atoms with E-state index in [2.05, 4.69) is 6.92 Å². The van der Waals surface area contributed by atoms with Crippen molar-refractivity contribution in [3.8, 4) is 0 Å². The molecule has 0 N–H and O–H groups in total. The van der Waals surface area contributed by atoms with Crippen LogP contribution in [0.4, 0.5) is 4.20 Å². The summed E-state index contributed by atoms with van der Waals surface area (Å²) in [6, 6.07) is 0. The predicted octanol–water partition coefficient (Wildman–Crippen LogP) is 4.54. The summed E-state index contributed by atoms with van der Waals surface area (Å²) in [6.07, 6.45) is 5.78. The van der Waals surface area contributed by atoms with Crippen molar-refractivity contribution in [1.29, 1.82) is 0 Å². The van der Waals surface area contributed by atoms with E-state index < -0.39 is 7.68 Å². The summed E-state index contributed by atoms with van der Waals surface area (Å²) in [5.74, 6) is 0.402. The van der Waals surface area contributed by atoms with Crippen LogP contribution in [0.2, 0.25) is 0 Å². The van der Waals surface area contributed by atoms with Gasteiger partial charge in [0, 0.05) is 0 Å². The third-order valence-electron chi connectivity index (χ3n) is 3.15. The maximum atomic E-state index is 13.5. The van der Waals surface area contributed by atoms with Gasteiger partial charge in [-0.25, -0.2) is 0 Å². The van der Waals surface area contributed by atoms with E-state index in [4.69, 9.17) is 4.52 Å². The van der Waals surface area contributed by atoms with Crippen molar-refractivity contribution >= 4 is 7.68 Å². The van der Waals surface area contributed by atoms with Crippen molar-refractivity contribution < 1.29 is 13.3 Å². The molecule has 0 bridgehead atoms. The molecule has 3 unspecified atom stereocenters. The second-order valence-corrected chi connectivity index (χ2v) is 6.25. The SMILES string of the molecule is CCCP(=O)(F)OC1CCCCC1CC. The van der Waals surface area contributed by atoms with Gasteiger partial charge in [-0.3, -0.25) is 4.57 Å². The lowest BCUT2D eigenvalue weighted by atomic mass is 9.85. The summed E-state index contributed by atoms with van der Waals surface area (Å²) in [4.78, 5) is 0. The predicted molar refractivity (Wildman–Crippen MR) is 61.0 cm³/mol. The molecular weight excluding hydrogens is 214 g/mol. The Labute approximate surface area is 92.2 Å². The molecule has 1 aliphatic carbocycles. The minimum Gasteiger partial charge on any atom is -0.302 e. The molecule has 0 aromatic heterocycles. The first-order chi connectivity index (χ1) is 7.09. The van der Waals surface area contributed by atoms with Gasteiger partial charge >= 0.3 is 7.68 Å². The smallest absolute Gasteiger partial charge is 0.302 e. The van der Waals surface area contributed by atoms with Gasteiger partial charge in [0.05, 0.1) is 12.3 Å². The molecule has 1 fully saturated rings. The van der Waals surface area contributed by atoms with Crippen LogP contribution in [0.15, 0.2) is 0 Å². The monoisotopic (exact) mass is 236 g/mol. The van der Waals surface area contributed by atoms with Gasteiger partial charge in [0.1, 0.15) is 0 Å². The molecule has 0 saturated heterocycles. The Morgan fingerprint density at radius 3 is 2.60 bits per heavy atom. The van der Waals surface area contributed by atoms with Crippen molar-refractivity contribution in [2.45, 2.75) is 58.5 Å². The van der Waals surface area contributed by atoms with Gasteiger partial charge in [-0.15, -0.1) is 0 Å². The molecule has 2 nitrogen and oxygen atoms in total. The van der Waals surface area contributed by atoms with Gasteiger partial charge in [0.25, 0.3) is 0 Å². The van der Waals surface area contributed by atoms with E-state index in [-0.39, 0.29) is 12.3 Å². The van der Waals surface area contributed by atoms with Crippen molar-refractivity contribution in [3.05, 3.63) is 0 Å². The van der Waals surface area contributed by atoms with Crippen LogP contribution in [0.3, 0.4) is 0 Å². The lowest BCUT2D eigenvalue weighted by Crippen LogP contribution is -2.26. The molecular formula is C11H22FO2P. The van der Waals surface area contributed by atoms with Crippen LogP contribution < -0.4 is 0 Å². The number of hydrogen-bond acceptors (Lipinski definition) is 2. The highest BCUT2D eigenvalue weighted by Crippen LogP contribution is 2.52. The van der Waals surface area contributed by atoms with Gasteiger partial charge in [0.15, 0.2) is 0 Å². The fraction of sp³-hybridized carbons (Fsp3) is 1.00. The van der Waals surface area contributed by atoms with Gasteiger partial charge in [-0.05, 0) is 25.2 Å². The summed E-state index contributed by atoms with van der Waals surface area (Å²) < 4.78 is 30.2. The van der Waals surface area contributed by atoms with E-state index in [1.807, 2.05) is 6.92 Å². The van der Waals surface area contributed by atoms with Gasteiger partial charge in [0.2, 0.25) is 0 Å². The van der Waals surface area contributed by atoms with Crippen LogP contribution in [-0.2, 0) is 9.09 Å². The van der Waals surface area contributed by atoms with Crippen LogP contribution in [0, 0.1) is 5.92 Å². The maximum absolute atomic E-state index is 13.5. The first kappa shape index (κ1) is 13.2. The standard InChI is InChI=1S/C11H22FO2P/c1-3-9-15(12,13)14-11-8-6-5-7-10(11)4-2/h10-11H,3-9H2,1-2H3. The Hall–Kier alpha value is 0.120. The van der Waals surface area contributed by atoms with Gasteiger partial charge < -0.3 is 4.52 Å². The van der Waals surface area contributed by atoms with E-state index in [1.165, 1.54) is 6.42 Å². The average Bonchev–Trinajstić information content (AvgIpc) is 2.17. The average molecular weight is 236 g/mol. The zero-order chi connectivity index (χ0) is 11.3. The summed E-state index contributed by atoms with van der Waals surface area (Å²) in [5, 5.41) is 0. The number of rotatable bonds is 5. The maximum Gasteiger partial charge on any atom is 0.367 e. The summed E-state index contributed by atoms with van der Waals surface area (Å²) in [5.41, 5.74) is 0. The summed E-state index contributed by atoms with van der Waals surface area (Å²) in [7, 11) is -3.81. The second-order valence-electron chi connectivity index (χ2n) is 4.41. The fourth-order valence-corrected chi connectivity index (χ4v) is 3.62. The normalized spacial score (nSPS) is 31.1. The van der Waals surface area contributed by atoms with Gasteiger partial charge in [-0.1, -0.05) is 33.1 Å². The molecule has 0 radical (unpaired) electrons. The minimum absolute atomic E-state index is 0.0694. The molecule has 3 atom stereocenters. The summed E-state index contributed by atoms with van der Waals surface area (Å²) in [6.45, 7) is 3.92.